The van der Waals surface area contributed by atoms with Crippen LogP contribution in [0.2, 0.25) is 0 Å². The third-order valence-corrected chi connectivity index (χ3v) is 4.74. The van der Waals surface area contributed by atoms with E-state index in [1.165, 1.54) is 5.39 Å². The fourth-order valence-corrected chi connectivity index (χ4v) is 3.19. The first-order valence-corrected chi connectivity index (χ1v) is 10.3. The summed E-state index contributed by atoms with van der Waals surface area (Å²) in [6, 6.07) is 16.3. The topological polar surface area (TPSA) is 92.1 Å². The van der Waals surface area contributed by atoms with E-state index in [4.69, 9.17) is 9.47 Å². The lowest BCUT2D eigenvalue weighted by Crippen LogP contribution is -2.37. The molecule has 4 rings (SSSR count). The predicted octanol–water partition coefficient (Wildman–Crippen LogP) is 3.06. The van der Waals surface area contributed by atoms with Crippen LogP contribution in [0.4, 0.5) is 11.5 Å². The molecule has 0 aliphatic carbocycles. The molecule has 0 saturated carbocycles. The molecule has 0 unspecified atom stereocenters. The highest BCUT2D eigenvalue weighted by Crippen LogP contribution is 2.20. The number of anilines is 2. The average Bonchev–Trinajstić information content (AvgIpc) is 2.78. The number of ether oxygens (including phenoxy) is 2. The van der Waals surface area contributed by atoms with Crippen molar-refractivity contribution in [3.8, 4) is 6.01 Å². The lowest BCUT2D eigenvalue weighted by atomic mass is 10.1. The Morgan fingerprint density at radius 1 is 1.13 bits per heavy atom. The zero-order valence-electron chi connectivity index (χ0n) is 17.8. The van der Waals surface area contributed by atoms with Gasteiger partial charge in [-0.2, -0.15) is 15.1 Å². The Bertz CT molecular complexity index is 1060. The number of benzene rings is 2. The van der Waals surface area contributed by atoms with Crippen LogP contribution in [0.1, 0.15) is 19.5 Å². The SMILES string of the molecule is CC(C)(O)COc1nc(/C=N/Nc2ccc3ccccc3c2)cc(N2CCOCC2)n1. The molecule has 1 saturated heterocycles. The molecule has 162 valence electrons. The van der Waals surface area contributed by atoms with E-state index in [1.54, 1.807) is 20.1 Å². The second kappa shape index (κ2) is 9.28. The van der Waals surface area contributed by atoms with Crippen molar-refractivity contribution in [2.45, 2.75) is 19.4 Å². The minimum absolute atomic E-state index is 0.0888. The standard InChI is InChI=1S/C23H27N5O3/c1-23(2,29)16-31-22-25-20(14-21(26-22)28-9-11-30-12-10-28)15-24-27-19-8-7-17-5-3-4-6-18(17)13-19/h3-8,13-15,27,29H,9-12,16H2,1-2H3/b24-15+. The number of fused-ring (bicyclic) bond motifs is 1. The van der Waals surface area contributed by atoms with E-state index >= 15 is 0 Å². The fourth-order valence-electron chi connectivity index (χ4n) is 3.19. The molecular formula is C23H27N5O3. The van der Waals surface area contributed by atoms with Gasteiger partial charge in [0, 0.05) is 19.2 Å². The second-order valence-electron chi connectivity index (χ2n) is 8.07. The number of aliphatic hydroxyl groups is 1. The molecule has 0 atom stereocenters. The van der Waals surface area contributed by atoms with Crippen LogP contribution in [0.5, 0.6) is 6.01 Å². The highest BCUT2D eigenvalue weighted by Gasteiger charge is 2.18. The zero-order chi connectivity index (χ0) is 21.7. The lowest BCUT2D eigenvalue weighted by Gasteiger charge is -2.28. The Balaban J connectivity index is 1.53. The van der Waals surface area contributed by atoms with Gasteiger partial charge in [-0.25, -0.2) is 0 Å². The molecule has 3 aromatic rings. The first kappa shape index (κ1) is 21.0. The van der Waals surface area contributed by atoms with Gasteiger partial charge in [0.2, 0.25) is 0 Å². The second-order valence-corrected chi connectivity index (χ2v) is 8.07. The van der Waals surface area contributed by atoms with Gasteiger partial charge in [-0.05, 0) is 36.8 Å². The van der Waals surface area contributed by atoms with Crippen LogP contribution in [-0.2, 0) is 4.74 Å². The van der Waals surface area contributed by atoms with Crippen molar-refractivity contribution in [1.82, 2.24) is 9.97 Å². The van der Waals surface area contributed by atoms with Crippen molar-refractivity contribution >= 4 is 28.5 Å². The van der Waals surface area contributed by atoms with Crippen LogP contribution in [0.15, 0.2) is 53.6 Å². The molecule has 8 heteroatoms. The van der Waals surface area contributed by atoms with Gasteiger partial charge in [0.15, 0.2) is 0 Å². The molecular weight excluding hydrogens is 394 g/mol. The maximum absolute atomic E-state index is 9.97. The highest BCUT2D eigenvalue weighted by atomic mass is 16.5. The molecule has 1 aromatic heterocycles. The van der Waals surface area contributed by atoms with Gasteiger partial charge in [-0.3, -0.25) is 5.43 Å². The number of hydrogen-bond acceptors (Lipinski definition) is 8. The first-order valence-electron chi connectivity index (χ1n) is 10.3. The monoisotopic (exact) mass is 421 g/mol. The van der Waals surface area contributed by atoms with Crippen molar-refractivity contribution in [2.24, 2.45) is 5.10 Å². The maximum Gasteiger partial charge on any atom is 0.319 e. The molecule has 2 aromatic carbocycles. The predicted molar refractivity (Wildman–Crippen MR) is 122 cm³/mol. The normalized spacial score (nSPS) is 14.9. The largest absolute Gasteiger partial charge is 0.460 e. The van der Waals surface area contributed by atoms with Crippen molar-refractivity contribution in [2.75, 3.05) is 43.2 Å². The highest BCUT2D eigenvalue weighted by molar-refractivity contribution is 5.86. The van der Waals surface area contributed by atoms with Gasteiger partial charge < -0.3 is 19.5 Å². The Kier molecular flexibility index (Phi) is 6.29. The van der Waals surface area contributed by atoms with Crippen LogP contribution in [-0.4, -0.2) is 59.8 Å². The molecule has 2 heterocycles. The number of aromatic nitrogens is 2. The van der Waals surface area contributed by atoms with Gasteiger partial charge >= 0.3 is 6.01 Å². The van der Waals surface area contributed by atoms with E-state index in [1.807, 2.05) is 30.3 Å². The van der Waals surface area contributed by atoms with E-state index in [2.05, 4.69) is 43.6 Å². The summed E-state index contributed by atoms with van der Waals surface area (Å²) in [5.41, 5.74) is 3.56. The summed E-state index contributed by atoms with van der Waals surface area (Å²) in [4.78, 5) is 11.0. The average molecular weight is 422 g/mol. The summed E-state index contributed by atoms with van der Waals surface area (Å²) >= 11 is 0. The minimum Gasteiger partial charge on any atom is -0.460 e. The first-order chi connectivity index (χ1) is 15.0. The van der Waals surface area contributed by atoms with E-state index in [-0.39, 0.29) is 12.6 Å². The van der Waals surface area contributed by atoms with Crippen LogP contribution < -0.4 is 15.1 Å². The van der Waals surface area contributed by atoms with Gasteiger partial charge in [0.05, 0.1) is 36.4 Å². The summed E-state index contributed by atoms with van der Waals surface area (Å²) in [6.45, 7) is 6.23. The Morgan fingerprint density at radius 2 is 1.90 bits per heavy atom. The quantitative estimate of drug-likeness (QED) is 0.447. The number of nitrogens with one attached hydrogen (secondary N) is 1. The molecule has 0 amide bonds. The number of nitrogens with zero attached hydrogens (tertiary/aromatic N) is 4. The number of hydrazone groups is 1. The fraction of sp³-hybridized carbons (Fsp3) is 0.348. The van der Waals surface area contributed by atoms with Gasteiger partial charge in [-0.1, -0.05) is 30.3 Å². The summed E-state index contributed by atoms with van der Waals surface area (Å²) < 4.78 is 11.1. The third kappa shape index (κ3) is 5.90. The summed E-state index contributed by atoms with van der Waals surface area (Å²) in [5, 5.41) is 16.6. The summed E-state index contributed by atoms with van der Waals surface area (Å²) in [5.74, 6) is 0.746. The minimum atomic E-state index is -0.982. The van der Waals surface area contributed by atoms with Crippen LogP contribution >= 0.6 is 0 Å². The molecule has 31 heavy (non-hydrogen) atoms. The van der Waals surface area contributed by atoms with E-state index < -0.39 is 5.60 Å². The van der Waals surface area contributed by atoms with Gasteiger partial charge in [0.25, 0.3) is 0 Å². The van der Waals surface area contributed by atoms with Crippen LogP contribution in [0.25, 0.3) is 10.8 Å². The number of morpholine rings is 1. The van der Waals surface area contributed by atoms with Crippen molar-refractivity contribution in [3.05, 3.63) is 54.2 Å². The Morgan fingerprint density at radius 3 is 2.68 bits per heavy atom. The molecule has 0 bridgehead atoms. The zero-order valence-corrected chi connectivity index (χ0v) is 17.8. The molecule has 1 fully saturated rings. The van der Waals surface area contributed by atoms with Gasteiger partial charge in [0.1, 0.15) is 12.4 Å². The molecule has 0 radical (unpaired) electrons. The van der Waals surface area contributed by atoms with Crippen LogP contribution in [0, 0.1) is 0 Å². The van der Waals surface area contributed by atoms with Gasteiger partial charge in [-0.15, -0.1) is 0 Å². The molecule has 0 spiro atoms. The van der Waals surface area contributed by atoms with Crippen molar-refractivity contribution in [3.63, 3.8) is 0 Å². The number of hydrogen-bond donors (Lipinski definition) is 2. The third-order valence-electron chi connectivity index (χ3n) is 4.74. The molecule has 1 aliphatic heterocycles. The van der Waals surface area contributed by atoms with Crippen LogP contribution in [0.3, 0.4) is 0 Å². The van der Waals surface area contributed by atoms with E-state index in [0.29, 0.717) is 18.9 Å². The van der Waals surface area contributed by atoms with Crippen molar-refractivity contribution < 1.29 is 14.6 Å². The summed E-state index contributed by atoms with van der Waals surface area (Å²) in [7, 11) is 0. The Labute approximate surface area is 181 Å². The lowest BCUT2D eigenvalue weighted by molar-refractivity contribution is 0.0250. The van der Waals surface area contributed by atoms with E-state index in [0.717, 1.165) is 30.0 Å². The number of rotatable bonds is 7. The summed E-state index contributed by atoms with van der Waals surface area (Å²) in [6.07, 6.45) is 1.64. The maximum atomic E-state index is 9.97. The smallest absolute Gasteiger partial charge is 0.319 e. The molecule has 2 N–H and O–H groups in total. The molecule has 1 aliphatic rings. The molecule has 8 nitrogen and oxygen atoms in total. The Hall–Kier alpha value is -3.23. The van der Waals surface area contributed by atoms with E-state index in [9.17, 15) is 5.11 Å². The van der Waals surface area contributed by atoms with Crippen molar-refractivity contribution in [1.29, 1.82) is 0 Å².